The van der Waals surface area contributed by atoms with Crippen LogP contribution in [0.3, 0.4) is 0 Å². The second-order valence-corrected chi connectivity index (χ2v) is 4.55. The van der Waals surface area contributed by atoms with Crippen LogP contribution in [0.2, 0.25) is 0 Å². The number of aromatic nitrogens is 1. The highest BCUT2D eigenvalue weighted by molar-refractivity contribution is 7.13. The highest BCUT2D eigenvalue weighted by Gasteiger charge is 2.23. The Hall–Kier alpha value is -0.980. The molecule has 1 fully saturated rings. The molecule has 0 bridgehead atoms. The fourth-order valence-corrected chi connectivity index (χ4v) is 2.16. The average Bonchev–Trinajstić information content (AvgIpc) is 2.82. The van der Waals surface area contributed by atoms with E-state index in [4.69, 9.17) is 4.74 Å². The normalized spacial score (nSPS) is 19.3. The Labute approximate surface area is 98.4 Å². The molecule has 0 aromatic carbocycles. The van der Waals surface area contributed by atoms with Crippen molar-refractivity contribution in [3.63, 3.8) is 0 Å². The van der Waals surface area contributed by atoms with Gasteiger partial charge in [-0.1, -0.05) is 0 Å². The number of carbonyl (C=O) groups excluding carboxylic acids is 1. The maximum atomic E-state index is 11.9. The summed E-state index contributed by atoms with van der Waals surface area (Å²) in [7, 11) is 0. The number of anilines is 1. The van der Waals surface area contributed by atoms with Crippen LogP contribution in [-0.2, 0) is 9.53 Å². The van der Waals surface area contributed by atoms with Crippen molar-refractivity contribution in [1.82, 2.24) is 9.88 Å². The zero-order chi connectivity index (χ0) is 11.4. The van der Waals surface area contributed by atoms with Crippen molar-refractivity contribution >= 4 is 22.4 Å². The highest BCUT2D eigenvalue weighted by Crippen LogP contribution is 2.12. The lowest BCUT2D eigenvalue weighted by Gasteiger charge is -2.31. The Balaban J connectivity index is 1.88. The van der Waals surface area contributed by atoms with Crippen LogP contribution in [0.5, 0.6) is 0 Å². The van der Waals surface area contributed by atoms with Gasteiger partial charge in [-0.05, 0) is 6.92 Å². The quantitative estimate of drug-likeness (QED) is 0.850. The second kappa shape index (κ2) is 5.38. The van der Waals surface area contributed by atoms with Gasteiger partial charge in [0.25, 0.3) is 0 Å². The summed E-state index contributed by atoms with van der Waals surface area (Å²) in [6, 6.07) is -0.132. The van der Waals surface area contributed by atoms with Crippen LogP contribution in [-0.4, -0.2) is 48.1 Å². The van der Waals surface area contributed by atoms with Crippen LogP contribution >= 0.6 is 11.3 Å². The molecule has 1 saturated heterocycles. The van der Waals surface area contributed by atoms with E-state index in [0.717, 1.165) is 13.1 Å². The van der Waals surface area contributed by atoms with Gasteiger partial charge in [0.15, 0.2) is 5.13 Å². The third-order valence-corrected chi connectivity index (χ3v) is 3.32. The molecule has 1 aromatic rings. The number of thiazole rings is 1. The molecule has 1 aromatic heterocycles. The van der Waals surface area contributed by atoms with E-state index in [-0.39, 0.29) is 11.9 Å². The summed E-state index contributed by atoms with van der Waals surface area (Å²) in [6.07, 6.45) is 1.68. The van der Waals surface area contributed by atoms with E-state index in [9.17, 15) is 4.79 Å². The first-order chi connectivity index (χ1) is 7.77. The number of nitrogens with one attached hydrogen (secondary N) is 1. The van der Waals surface area contributed by atoms with E-state index < -0.39 is 0 Å². The number of carbonyl (C=O) groups is 1. The molecule has 88 valence electrons. The van der Waals surface area contributed by atoms with Gasteiger partial charge < -0.3 is 10.1 Å². The summed E-state index contributed by atoms with van der Waals surface area (Å²) >= 11 is 1.43. The molecule has 0 aliphatic carbocycles. The van der Waals surface area contributed by atoms with Crippen molar-refractivity contribution in [3.8, 4) is 0 Å². The SMILES string of the molecule is C[C@H](C(=O)Nc1nccs1)N1CCOCC1. The summed E-state index contributed by atoms with van der Waals surface area (Å²) in [4.78, 5) is 18.0. The van der Waals surface area contributed by atoms with Crippen molar-refractivity contribution in [1.29, 1.82) is 0 Å². The molecule has 1 aliphatic rings. The number of nitrogens with zero attached hydrogens (tertiary/aromatic N) is 2. The van der Waals surface area contributed by atoms with Crippen LogP contribution in [0.25, 0.3) is 0 Å². The number of amides is 1. The van der Waals surface area contributed by atoms with Crippen LogP contribution in [0.1, 0.15) is 6.92 Å². The molecule has 1 amide bonds. The molecule has 0 radical (unpaired) electrons. The first kappa shape index (κ1) is 11.5. The molecule has 1 atom stereocenters. The smallest absolute Gasteiger partial charge is 0.243 e. The molecule has 2 heterocycles. The predicted molar refractivity (Wildman–Crippen MR) is 62.6 cm³/mol. The maximum Gasteiger partial charge on any atom is 0.243 e. The Morgan fingerprint density at radius 3 is 3.00 bits per heavy atom. The van der Waals surface area contributed by atoms with Crippen molar-refractivity contribution < 1.29 is 9.53 Å². The zero-order valence-corrected chi connectivity index (χ0v) is 10.00. The van der Waals surface area contributed by atoms with Gasteiger partial charge >= 0.3 is 0 Å². The van der Waals surface area contributed by atoms with E-state index in [2.05, 4.69) is 15.2 Å². The van der Waals surface area contributed by atoms with Crippen LogP contribution in [0.4, 0.5) is 5.13 Å². The lowest BCUT2D eigenvalue weighted by Crippen LogP contribution is -2.47. The number of ether oxygens (including phenoxy) is 1. The van der Waals surface area contributed by atoms with E-state index in [0.29, 0.717) is 18.3 Å². The van der Waals surface area contributed by atoms with Crippen LogP contribution < -0.4 is 5.32 Å². The molecule has 6 heteroatoms. The molecule has 0 spiro atoms. The van der Waals surface area contributed by atoms with Crippen LogP contribution in [0, 0.1) is 0 Å². The lowest BCUT2D eigenvalue weighted by molar-refractivity contribution is -0.122. The van der Waals surface area contributed by atoms with E-state index in [1.807, 2.05) is 12.3 Å². The molecular formula is C10H15N3O2S. The van der Waals surface area contributed by atoms with Crippen molar-refractivity contribution in [2.75, 3.05) is 31.6 Å². The molecule has 5 nitrogen and oxygen atoms in total. The first-order valence-electron chi connectivity index (χ1n) is 5.29. The largest absolute Gasteiger partial charge is 0.379 e. The third kappa shape index (κ3) is 2.78. The summed E-state index contributed by atoms with van der Waals surface area (Å²) < 4.78 is 5.25. The molecular weight excluding hydrogens is 226 g/mol. The van der Waals surface area contributed by atoms with Gasteiger partial charge in [0, 0.05) is 24.7 Å². The summed E-state index contributed by atoms with van der Waals surface area (Å²) in [5.74, 6) is -0.00292. The Morgan fingerprint density at radius 1 is 1.62 bits per heavy atom. The number of rotatable bonds is 3. The summed E-state index contributed by atoms with van der Waals surface area (Å²) in [5, 5.41) is 5.30. The summed E-state index contributed by atoms with van der Waals surface area (Å²) in [5.41, 5.74) is 0. The molecule has 0 unspecified atom stereocenters. The monoisotopic (exact) mass is 241 g/mol. The Kier molecular flexibility index (Phi) is 3.87. The van der Waals surface area contributed by atoms with Gasteiger partial charge in [-0.25, -0.2) is 4.98 Å². The minimum absolute atomic E-state index is 0.00292. The zero-order valence-electron chi connectivity index (χ0n) is 9.18. The maximum absolute atomic E-state index is 11.9. The van der Waals surface area contributed by atoms with Crippen molar-refractivity contribution in [2.24, 2.45) is 0 Å². The number of morpholine rings is 1. The molecule has 16 heavy (non-hydrogen) atoms. The van der Waals surface area contributed by atoms with Crippen LogP contribution in [0.15, 0.2) is 11.6 Å². The average molecular weight is 241 g/mol. The van der Waals surface area contributed by atoms with Crippen molar-refractivity contribution in [2.45, 2.75) is 13.0 Å². The topological polar surface area (TPSA) is 54.5 Å². The fourth-order valence-electron chi connectivity index (χ4n) is 1.63. The fraction of sp³-hybridized carbons (Fsp3) is 0.600. The number of hydrogen-bond donors (Lipinski definition) is 1. The van der Waals surface area contributed by atoms with Gasteiger partial charge in [-0.15, -0.1) is 11.3 Å². The summed E-state index contributed by atoms with van der Waals surface area (Å²) in [6.45, 7) is 4.94. The van der Waals surface area contributed by atoms with Gasteiger partial charge in [0.05, 0.1) is 19.3 Å². The Bertz CT molecular complexity index is 336. The van der Waals surface area contributed by atoms with Gasteiger partial charge in [-0.3, -0.25) is 9.69 Å². The lowest BCUT2D eigenvalue weighted by atomic mass is 10.2. The minimum Gasteiger partial charge on any atom is -0.379 e. The third-order valence-electron chi connectivity index (χ3n) is 2.64. The van der Waals surface area contributed by atoms with Gasteiger partial charge in [0.2, 0.25) is 5.91 Å². The Morgan fingerprint density at radius 2 is 2.38 bits per heavy atom. The molecule has 0 saturated carbocycles. The molecule has 1 aliphatic heterocycles. The second-order valence-electron chi connectivity index (χ2n) is 3.65. The van der Waals surface area contributed by atoms with Gasteiger partial charge in [0.1, 0.15) is 0 Å². The predicted octanol–water partition coefficient (Wildman–Crippen LogP) is 0.802. The minimum atomic E-state index is -0.132. The standard InChI is InChI=1S/C10H15N3O2S/c1-8(13-3-5-15-6-4-13)9(14)12-10-11-2-7-16-10/h2,7-8H,3-6H2,1H3,(H,11,12,14)/t8-/m1/s1. The molecule has 2 rings (SSSR count). The van der Waals surface area contributed by atoms with E-state index >= 15 is 0 Å². The number of hydrogen-bond acceptors (Lipinski definition) is 5. The first-order valence-corrected chi connectivity index (χ1v) is 6.17. The molecule has 1 N–H and O–H groups in total. The van der Waals surface area contributed by atoms with E-state index in [1.54, 1.807) is 6.20 Å². The highest BCUT2D eigenvalue weighted by atomic mass is 32.1. The van der Waals surface area contributed by atoms with Crippen molar-refractivity contribution in [3.05, 3.63) is 11.6 Å². The van der Waals surface area contributed by atoms with Gasteiger partial charge in [-0.2, -0.15) is 0 Å². The van der Waals surface area contributed by atoms with E-state index in [1.165, 1.54) is 11.3 Å².